The van der Waals surface area contributed by atoms with Crippen LogP contribution in [0.4, 0.5) is 0 Å². The third-order valence-electron chi connectivity index (χ3n) is 20.4. The summed E-state index contributed by atoms with van der Waals surface area (Å²) in [6.07, 6.45) is 101. The summed E-state index contributed by atoms with van der Waals surface area (Å²) in [6, 6.07) is -0.538. The number of carbonyl (C=O) groups is 2. The van der Waals surface area contributed by atoms with Crippen molar-refractivity contribution in [2.75, 3.05) is 13.2 Å². The van der Waals surface area contributed by atoms with Crippen LogP contribution in [0.5, 0.6) is 0 Å². The Balaban J connectivity index is 3.30. The molecule has 6 heteroatoms. The third-order valence-corrected chi connectivity index (χ3v) is 20.4. The summed E-state index contributed by atoms with van der Waals surface area (Å²) in [5, 5.41) is 23.5. The van der Waals surface area contributed by atoms with Gasteiger partial charge in [0.2, 0.25) is 5.91 Å². The SMILES string of the molecule is CCCCCCCCCCCCCCCCCCCCCCCC(O)C(CO)NC(=O)CCCCCCCCCCCCCCCCCCCCCCCCCCCCCCCCCCCOC(=O)CCCCCCCCCCCCCCCCCCCCC. The molecule has 0 aliphatic carbocycles. The highest BCUT2D eigenvalue weighted by molar-refractivity contribution is 5.76. The van der Waals surface area contributed by atoms with Crippen molar-refractivity contribution in [2.45, 2.75) is 514 Å². The Labute approximate surface area is 566 Å². The van der Waals surface area contributed by atoms with E-state index in [1.54, 1.807) is 0 Å². The summed E-state index contributed by atoms with van der Waals surface area (Å²) >= 11 is 0. The van der Waals surface area contributed by atoms with Gasteiger partial charge in [-0.15, -0.1) is 0 Å². The minimum Gasteiger partial charge on any atom is -0.466 e. The van der Waals surface area contributed by atoms with Crippen LogP contribution in [0.2, 0.25) is 0 Å². The number of aliphatic hydroxyl groups excluding tert-OH is 2. The largest absolute Gasteiger partial charge is 0.466 e. The molecule has 0 fully saturated rings. The number of nitrogens with one attached hydrogen (secondary N) is 1. The van der Waals surface area contributed by atoms with Crippen LogP contribution in [0.1, 0.15) is 502 Å². The van der Waals surface area contributed by atoms with Gasteiger partial charge in [-0.1, -0.05) is 463 Å². The number of hydrogen-bond donors (Lipinski definition) is 3. The predicted octanol–water partition coefficient (Wildman–Crippen LogP) is 28.1. The van der Waals surface area contributed by atoms with Gasteiger partial charge < -0.3 is 20.3 Å². The van der Waals surface area contributed by atoms with Gasteiger partial charge in [-0.25, -0.2) is 0 Å². The fourth-order valence-corrected chi connectivity index (χ4v) is 14.0. The number of carbonyl (C=O) groups excluding carboxylic acids is 2. The van der Waals surface area contributed by atoms with E-state index in [4.69, 9.17) is 4.74 Å². The van der Waals surface area contributed by atoms with Gasteiger partial charge in [0.1, 0.15) is 0 Å². The van der Waals surface area contributed by atoms with Crippen LogP contribution < -0.4 is 5.32 Å². The van der Waals surface area contributed by atoms with Crippen LogP contribution in [0.3, 0.4) is 0 Å². The first-order chi connectivity index (χ1) is 44.5. The molecule has 6 nitrogen and oxygen atoms in total. The van der Waals surface area contributed by atoms with Crippen LogP contribution in [-0.4, -0.2) is 47.4 Å². The fourth-order valence-electron chi connectivity index (χ4n) is 14.0. The molecular weight excluding hydrogens is 1100 g/mol. The average Bonchev–Trinajstić information content (AvgIpc) is 3.59. The molecule has 538 valence electrons. The Kier molecular flexibility index (Phi) is 79.3. The molecular formula is C84H167NO5. The van der Waals surface area contributed by atoms with Crippen molar-refractivity contribution in [2.24, 2.45) is 0 Å². The zero-order valence-corrected chi connectivity index (χ0v) is 61.9. The van der Waals surface area contributed by atoms with E-state index in [1.807, 2.05) is 0 Å². The van der Waals surface area contributed by atoms with Crippen LogP contribution in [0.25, 0.3) is 0 Å². The molecule has 0 aromatic heterocycles. The molecule has 3 N–H and O–H groups in total. The van der Waals surface area contributed by atoms with Crippen LogP contribution >= 0.6 is 0 Å². The van der Waals surface area contributed by atoms with E-state index in [0.717, 1.165) is 38.5 Å². The highest BCUT2D eigenvalue weighted by Gasteiger charge is 2.20. The summed E-state index contributed by atoms with van der Waals surface area (Å²) < 4.78 is 5.53. The van der Waals surface area contributed by atoms with E-state index >= 15 is 0 Å². The molecule has 0 radical (unpaired) electrons. The van der Waals surface area contributed by atoms with E-state index in [2.05, 4.69) is 19.2 Å². The fraction of sp³-hybridized carbons (Fsp3) is 0.976. The molecule has 1 amide bonds. The quantitative estimate of drug-likeness (QED) is 0.0417. The van der Waals surface area contributed by atoms with Crippen molar-refractivity contribution in [3.63, 3.8) is 0 Å². The van der Waals surface area contributed by atoms with Gasteiger partial charge in [-0.05, 0) is 25.7 Å². The van der Waals surface area contributed by atoms with Gasteiger partial charge in [-0.2, -0.15) is 0 Å². The maximum absolute atomic E-state index is 12.6. The second kappa shape index (κ2) is 80.3. The first kappa shape index (κ1) is 88.9. The Morgan fingerprint density at radius 2 is 0.456 bits per heavy atom. The number of amides is 1. The summed E-state index contributed by atoms with van der Waals surface area (Å²) in [7, 11) is 0. The molecule has 0 aromatic rings. The van der Waals surface area contributed by atoms with E-state index in [9.17, 15) is 19.8 Å². The van der Waals surface area contributed by atoms with Gasteiger partial charge in [0, 0.05) is 12.8 Å². The first-order valence-corrected chi connectivity index (χ1v) is 42.3. The Morgan fingerprint density at radius 3 is 0.678 bits per heavy atom. The lowest BCUT2D eigenvalue weighted by Gasteiger charge is -2.22. The standard InChI is InChI=1S/C84H167NO5/c1-3-5-7-9-11-13-15-17-19-21-23-37-41-44-48-52-56-60-64-68-72-76-82(87)81(80-86)85-83(88)77-73-69-65-61-57-53-49-45-42-38-35-33-31-29-27-25-24-26-28-30-32-34-36-39-43-47-51-55-59-63-67-71-75-79-90-84(89)78-74-70-66-62-58-54-50-46-40-22-20-18-16-14-12-10-8-6-4-2/h81-82,86-87H,3-80H2,1-2H3,(H,85,88). The highest BCUT2D eigenvalue weighted by atomic mass is 16.5. The normalized spacial score (nSPS) is 12.4. The maximum Gasteiger partial charge on any atom is 0.305 e. The molecule has 0 aliphatic heterocycles. The van der Waals surface area contributed by atoms with Gasteiger partial charge >= 0.3 is 5.97 Å². The van der Waals surface area contributed by atoms with Gasteiger partial charge in [0.15, 0.2) is 0 Å². The predicted molar refractivity (Wildman–Crippen MR) is 398 cm³/mol. The molecule has 0 aliphatic rings. The van der Waals surface area contributed by atoms with E-state index in [0.29, 0.717) is 25.9 Å². The topological polar surface area (TPSA) is 95.9 Å². The highest BCUT2D eigenvalue weighted by Crippen LogP contribution is 2.21. The zero-order valence-electron chi connectivity index (χ0n) is 61.9. The summed E-state index contributed by atoms with van der Waals surface area (Å²) in [4.78, 5) is 24.7. The third kappa shape index (κ3) is 75.9. The lowest BCUT2D eigenvalue weighted by Crippen LogP contribution is -2.45. The summed E-state index contributed by atoms with van der Waals surface area (Å²) in [5.41, 5.74) is 0. The molecule has 2 unspecified atom stereocenters. The number of aliphatic hydroxyl groups is 2. The number of ether oxygens (including phenoxy) is 1. The average molecular weight is 1270 g/mol. The van der Waals surface area contributed by atoms with Crippen molar-refractivity contribution < 1.29 is 24.5 Å². The van der Waals surface area contributed by atoms with Crippen LogP contribution in [0, 0.1) is 0 Å². The molecule has 2 atom stereocenters. The molecule has 0 saturated carbocycles. The van der Waals surface area contributed by atoms with Crippen LogP contribution in [-0.2, 0) is 14.3 Å². The van der Waals surface area contributed by atoms with Gasteiger partial charge in [0.05, 0.1) is 25.4 Å². The molecule has 0 heterocycles. The first-order valence-electron chi connectivity index (χ1n) is 42.3. The smallest absolute Gasteiger partial charge is 0.305 e. The Morgan fingerprint density at radius 1 is 0.267 bits per heavy atom. The number of rotatable bonds is 81. The number of esters is 1. The second-order valence-corrected chi connectivity index (χ2v) is 29.5. The number of hydrogen-bond acceptors (Lipinski definition) is 5. The minimum absolute atomic E-state index is 0.0238. The Bertz CT molecular complexity index is 1320. The van der Waals surface area contributed by atoms with Crippen molar-refractivity contribution in [1.82, 2.24) is 5.32 Å². The number of unbranched alkanes of at least 4 members (excludes halogenated alkanes) is 70. The lowest BCUT2D eigenvalue weighted by atomic mass is 10.0. The molecule has 0 spiro atoms. The molecule has 0 aromatic carbocycles. The van der Waals surface area contributed by atoms with Crippen molar-refractivity contribution in [3.8, 4) is 0 Å². The van der Waals surface area contributed by atoms with Crippen molar-refractivity contribution in [3.05, 3.63) is 0 Å². The van der Waals surface area contributed by atoms with Gasteiger partial charge in [0.25, 0.3) is 0 Å². The molecule has 0 rings (SSSR count). The summed E-state index contributed by atoms with van der Waals surface area (Å²) in [6.45, 7) is 5.03. The Hall–Kier alpha value is -1.14. The molecule has 0 bridgehead atoms. The minimum atomic E-state index is -0.661. The van der Waals surface area contributed by atoms with Crippen LogP contribution in [0.15, 0.2) is 0 Å². The second-order valence-electron chi connectivity index (χ2n) is 29.5. The van der Waals surface area contributed by atoms with E-state index < -0.39 is 12.1 Å². The maximum atomic E-state index is 12.6. The molecule has 0 saturated heterocycles. The van der Waals surface area contributed by atoms with E-state index in [-0.39, 0.29) is 18.5 Å². The monoisotopic (exact) mass is 1270 g/mol. The van der Waals surface area contributed by atoms with Crippen molar-refractivity contribution in [1.29, 1.82) is 0 Å². The van der Waals surface area contributed by atoms with Crippen molar-refractivity contribution >= 4 is 11.9 Å². The van der Waals surface area contributed by atoms with E-state index in [1.165, 1.54) is 430 Å². The zero-order chi connectivity index (χ0) is 64.9. The summed E-state index contributed by atoms with van der Waals surface area (Å²) in [5.74, 6) is 0.00450. The molecule has 90 heavy (non-hydrogen) atoms. The van der Waals surface area contributed by atoms with Gasteiger partial charge in [-0.3, -0.25) is 9.59 Å². The lowest BCUT2D eigenvalue weighted by molar-refractivity contribution is -0.143.